The number of rotatable bonds is 8. The summed E-state index contributed by atoms with van der Waals surface area (Å²) in [5.41, 5.74) is 7.45. The molecule has 3 aromatic rings. The molecular formula is C22H25N3O3. The fourth-order valence-corrected chi connectivity index (χ4v) is 3.09. The molecule has 6 heteroatoms. The first-order chi connectivity index (χ1) is 13.6. The van der Waals surface area contributed by atoms with E-state index in [1.807, 2.05) is 73.1 Å². The van der Waals surface area contributed by atoms with Crippen LogP contribution in [-0.4, -0.2) is 22.8 Å². The molecular weight excluding hydrogens is 354 g/mol. The van der Waals surface area contributed by atoms with Crippen molar-refractivity contribution in [2.45, 2.75) is 33.3 Å². The number of hydrogen-bond donors (Lipinski definition) is 1. The van der Waals surface area contributed by atoms with Crippen molar-refractivity contribution in [3.05, 3.63) is 77.1 Å². The maximum Gasteiger partial charge on any atom is 0.243 e. The predicted molar refractivity (Wildman–Crippen MR) is 107 cm³/mol. The number of aryl methyl sites for hydroxylation is 1. The van der Waals surface area contributed by atoms with Crippen molar-refractivity contribution >= 4 is 5.91 Å². The highest BCUT2D eigenvalue weighted by Crippen LogP contribution is 2.22. The number of carbonyl (C=O) groups excluding carboxylic acids is 1. The van der Waals surface area contributed by atoms with Gasteiger partial charge in [-0.05, 0) is 43.5 Å². The standard InChI is InChI=1S/C22H25N3O3/c1-16-21(12-13-22(26)24-28-15-18-8-5-4-6-9-18)17(2)25(23-16)19-10-7-11-20(14-19)27-3/h4-11,14H,12-13,15H2,1-3H3,(H,24,26). The zero-order chi connectivity index (χ0) is 19.9. The van der Waals surface area contributed by atoms with Crippen molar-refractivity contribution in [3.8, 4) is 11.4 Å². The van der Waals surface area contributed by atoms with E-state index in [2.05, 4.69) is 10.6 Å². The largest absolute Gasteiger partial charge is 0.497 e. The van der Waals surface area contributed by atoms with Crippen LogP contribution in [0.1, 0.15) is 28.9 Å². The number of hydrogen-bond acceptors (Lipinski definition) is 4. The monoisotopic (exact) mass is 379 g/mol. The molecule has 0 bridgehead atoms. The lowest BCUT2D eigenvalue weighted by Crippen LogP contribution is -2.23. The third-order valence-electron chi connectivity index (χ3n) is 4.61. The summed E-state index contributed by atoms with van der Waals surface area (Å²) in [7, 11) is 1.64. The maximum absolute atomic E-state index is 12.1. The van der Waals surface area contributed by atoms with Crippen LogP contribution in [0.2, 0.25) is 0 Å². The van der Waals surface area contributed by atoms with Gasteiger partial charge < -0.3 is 4.74 Å². The molecule has 0 aliphatic heterocycles. The molecule has 0 atom stereocenters. The van der Waals surface area contributed by atoms with Crippen LogP contribution in [0.3, 0.4) is 0 Å². The van der Waals surface area contributed by atoms with Crippen LogP contribution < -0.4 is 10.2 Å². The summed E-state index contributed by atoms with van der Waals surface area (Å²) in [6.45, 7) is 4.32. The topological polar surface area (TPSA) is 65.4 Å². The molecule has 1 heterocycles. The van der Waals surface area contributed by atoms with Crippen LogP contribution >= 0.6 is 0 Å². The van der Waals surface area contributed by atoms with Crippen LogP contribution in [-0.2, 0) is 22.7 Å². The quantitative estimate of drug-likeness (QED) is 0.607. The molecule has 0 radical (unpaired) electrons. The van der Waals surface area contributed by atoms with Gasteiger partial charge in [0, 0.05) is 18.2 Å². The summed E-state index contributed by atoms with van der Waals surface area (Å²) < 4.78 is 7.18. The van der Waals surface area contributed by atoms with Crippen LogP contribution in [0.4, 0.5) is 0 Å². The molecule has 0 aliphatic rings. The average molecular weight is 379 g/mol. The number of hydroxylamine groups is 1. The minimum atomic E-state index is -0.149. The molecule has 0 aliphatic carbocycles. The summed E-state index contributed by atoms with van der Waals surface area (Å²) >= 11 is 0. The van der Waals surface area contributed by atoms with Crippen molar-refractivity contribution in [2.75, 3.05) is 7.11 Å². The highest BCUT2D eigenvalue weighted by Gasteiger charge is 2.14. The first-order valence-electron chi connectivity index (χ1n) is 9.22. The van der Waals surface area contributed by atoms with E-state index in [9.17, 15) is 4.79 Å². The Balaban J connectivity index is 1.58. The van der Waals surface area contributed by atoms with Gasteiger partial charge in [-0.3, -0.25) is 9.63 Å². The molecule has 6 nitrogen and oxygen atoms in total. The number of carbonyl (C=O) groups is 1. The molecule has 0 saturated carbocycles. The van der Waals surface area contributed by atoms with Gasteiger partial charge in [0.25, 0.3) is 0 Å². The Morgan fingerprint density at radius 3 is 2.64 bits per heavy atom. The first kappa shape index (κ1) is 19.6. The summed E-state index contributed by atoms with van der Waals surface area (Å²) in [4.78, 5) is 17.4. The van der Waals surface area contributed by atoms with E-state index in [0.29, 0.717) is 19.4 Å². The second-order valence-electron chi connectivity index (χ2n) is 6.56. The van der Waals surface area contributed by atoms with E-state index in [4.69, 9.17) is 9.57 Å². The maximum atomic E-state index is 12.1. The number of nitrogens with zero attached hydrogens (tertiary/aromatic N) is 2. The Kier molecular flexibility index (Phi) is 6.45. The normalized spacial score (nSPS) is 10.7. The van der Waals surface area contributed by atoms with Crippen LogP contribution in [0.25, 0.3) is 5.69 Å². The lowest BCUT2D eigenvalue weighted by Gasteiger charge is -2.08. The molecule has 1 aromatic heterocycles. The van der Waals surface area contributed by atoms with Gasteiger partial charge in [-0.1, -0.05) is 36.4 Å². The van der Waals surface area contributed by atoms with Crippen molar-refractivity contribution < 1.29 is 14.4 Å². The number of nitrogens with one attached hydrogen (secondary N) is 1. The molecule has 28 heavy (non-hydrogen) atoms. The Bertz CT molecular complexity index is 935. The number of amides is 1. The highest BCUT2D eigenvalue weighted by atomic mass is 16.6. The SMILES string of the molecule is COc1cccc(-n2nc(C)c(CCC(=O)NOCc3ccccc3)c2C)c1. The molecule has 1 amide bonds. The van der Waals surface area contributed by atoms with Gasteiger partial charge in [-0.15, -0.1) is 0 Å². The molecule has 0 spiro atoms. The fraction of sp³-hybridized carbons (Fsp3) is 0.273. The van der Waals surface area contributed by atoms with Gasteiger partial charge in [0.2, 0.25) is 5.91 Å². The molecule has 2 aromatic carbocycles. The molecule has 1 N–H and O–H groups in total. The van der Waals surface area contributed by atoms with Gasteiger partial charge in [-0.25, -0.2) is 10.2 Å². The van der Waals surface area contributed by atoms with Gasteiger partial charge in [0.15, 0.2) is 0 Å². The smallest absolute Gasteiger partial charge is 0.243 e. The molecule has 3 rings (SSSR count). The summed E-state index contributed by atoms with van der Waals surface area (Å²) in [5.74, 6) is 0.630. The minimum absolute atomic E-state index is 0.149. The number of benzene rings is 2. The van der Waals surface area contributed by atoms with Crippen LogP contribution in [0.15, 0.2) is 54.6 Å². The lowest BCUT2D eigenvalue weighted by molar-refractivity contribution is -0.134. The zero-order valence-corrected chi connectivity index (χ0v) is 16.4. The molecule has 0 saturated heterocycles. The van der Waals surface area contributed by atoms with E-state index in [-0.39, 0.29) is 5.91 Å². The van der Waals surface area contributed by atoms with Crippen LogP contribution in [0, 0.1) is 13.8 Å². The Morgan fingerprint density at radius 2 is 1.89 bits per heavy atom. The highest BCUT2D eigenvalue weighted by molar-refractivity contribution is 5.75. The summed E-state index contributed by atoms with van der Waals surface area (Å²) in [5, 5.41) is 4.63. The number of ether oxygens (including phenoxy) is 1. The third-order valence-corrected chi connectivity index (χ3v) is 4.61. The zero-order valence-electron chi connectivity index (χ0n) is 16.4. The Morgan fingerprint density at radius 1 is 1.11 bits per heavy atom. The van der Waals surface area contributed by atoms with E-state index < -0.39 is 0 Å². The van der Waals surface area contributed by atoms with Crippen LogP contribution in [0.5, 0.6) is 5.75 Å². The van der Waals surface area contributed by atoms with Gasteiger partial charge in [0.05, 0.1) is 25.1 Å². The molecule has 146 valence electrons. The minimum Gasteiger partial charge on any atom is -0.497 e. The summed E-state index contributed by atoms with van der Waals surface area (Å²) in [6, 6.07) is 17.5. The Hall–Kier alpha value is -3.12. The van der Waals surface area contributed by atoms with Crippen molar-refractivity contribution in [1.82, 2.24) is 15.3 Å². The molecule has 0 fully saturated rings. The Labute approximate surface area is 165 Å². The number of aromatic nitrogens is 2. The predicted octanol–water partition coefficient (Wildman–Crippen LogP) is 3.68. The second kappa shape index (κ2) is 9.19. The van der Waals surface area contributed by atoms with Gasteiger partial charge in [0.1, 0.15) is 5.75 Å². The van der Waals surface area contributed by atoms with E-state index in [1.54, 1.807) is 7.11 Å². The summed E-state index contributed by atoms with van der Waals surface area (Å²) in [6.07, 6.45) is 0.933. The molecule has 0 unspecified atom stereocenters. The van der Waals surface area contributed by atoms with Crippen molar-refractivity contribution in [1.29, 1.82) is 0 Å². The lowest BCUT2D eigenvalue weighted by atomic mass is 10.1. The fourth-order valence-electron chi connectivity index (χ4n) is 3.09. The number of methoxy groups -OCH3 is 1. The van der Waals surface area contributed by atoms with E-state index >= 15 is 0 Å². The van der Waals surface area contributed by atoms with E-state index in [1.165, 1.54) is 0 Å². The van der Waals surface area contributed by atoms with Crippen molar-refractivity contribution in [3.63, 3.8) is 0 Å². The van der Waals surface area contributed by atoms with Crippen molar-refractivity contribution in [2.24, 2.45) is 0 Å². The second-order valence-corrected chi connectivity index (χ2v) is 6.56. The average Bonchev–Trinajstić information content (AvgIpc) is 3.01. The third kappa shape index (κ3) is 4.78. The van der Waals surface area contributed by atoms with Gasteiger partial charge >= 0.3 is 0 Å². The first-order valence-corrected chi connectivity index (χ1v) is 9.22. The van der Waals surface area contributed by atoms with Gasteiger partial charge in [-0.2, -0.15) is 5.10 Å². The van der Waals surface area contributed by atoms with E-state index in [0.717, 1.165) is 34.0 Å².